The molecule has 0 spiro atoms. The lowest BCUT2D eigenvalue weighted by Crippen LogP contribution is -2.43. The van der Waals surface area contributed by atoms with Crippen LogP contribution in [0.1, 0.15) is 25.7 Å². The van der Waals surface area contributed by atoms with E-state index in [0.717, 1.165) is 19.3 Å². The molecule has 16 heavy (non-hydrogen) atoms. The fraction of sp³-hybridized carbons (Fsp3) is 0.900. The predicted octanol–water partition coefficient (Wildman–Crippen LogP) is 0.360. The molecule has 1 rings (SSSR count). The second-order valence-corrected chi connectivity index (χ2v) is 6.63. The van der Waals surface area contributed by atoms with Crippen LogP contribution in [0.3, 0.4) is 0 Å². The molecule has 0 bridgehead atoms. The molecule has 1 N–H and O–H groups in total. The fourth-order valence-electron chi connectivity index (χ4n) is 2.00. The summed E-state index contributed by atoms with van der Waals surface area (Å²) in [5.41, 5.74) is 0. The largest absolute Gasteiger partial charge is 0.480 e. The maximum Gasteiger partial charge on any atom is 0.320 e. The Kier molecular flexibility index (Phi) is 4.73. The summed E-state index contributed by atoms with van der Waals surface area (Å²) < 4.78 is 22.1. The van der Waals surface area contributed by atoms with Crippen molar-refractivity contribution in [3.63, 3.8) is 0 Å². The second-order valence-electron chi connectivity index (χ2n) is 4.37. The van der Waals surface area contributed by atoms with Crippen molar-refractivity contribution in [3.05, 3.63) is 0 Å². The zero-order valence-corrected chi connectivity index (χ0v) is 10.4. The Labute approximate surface area is 96.4 Å². The minimum absolute atomic E-state index is 0.0385. The molecule has 1 unspecified atom stereocenters. The summed E-state index contributed by atoms with van der Waals surface area (Å²) in [5.74, 6) is -0.799. The molecule has 0 aromatic rings. The van der Waals surface area contributed by atoms with E-state index in [0.29, 0.717) is 19.5 Å². The lowest BCUT2D eigenvalue weighted by Gasteiger charge is -2.26. The van der Waals surface area contributed by atoms with Gasteiger partial charge in [0.05, 0.1) is 5.75 Å². The van der Waals surface area contributed by atoms with Gasteiger partial charge in [0.15, 0.2) is 0 Å². The van der Waals surface area contributed by atoms with E-state index in [9.17, 15) is 13.2 Å². The zero-order valence-electron chi connectivity index (χ0n) is 9.55. The van der Waals surface area contributed by atoms with Crippen LogP contribution >= 0.6 is 0 Å². The maximum atomic E-state index is 11.1. The van der Waals surface area contributed by atoms with E-state index >= 15 is 0 Å². The monoisotopic (exact) mass is 249 g/mol. The average molecular weight is 249 g/mol. The summed E-state index contributed by atoms with van der Waals surface area (Å²) in [4.78, 5) is 12.8. The number of aliphatic carboxylic acids is 1. The number of sulfone groups is 1. The average Bonchev–Trinajstić information content (AvgIpc) is 2.38. The van der Waals surface area contributed by atoms with Crippen LogP contribution in [-0.2, 0) is 14.6 Å². The Bertz CT molecular complexity index is 339. The molecule has 1 heterocycles. The highest BCUT2D eigenvalue weighted by Crippen LogP contribution is 2.16. The van der Waals surface area contributed by atoms with Gasteiger partial charge in [0, 0.05) is 12.8 Å². The second kappa shape index (κ2) is 5.63. The molecule has 94 valence electrons. The molecule has 0 aromatic heterocycles. The normalized spacial score (nSPS) is 23.9. The summed E-state index contributed by atoms with van der Waals surface area (Å²) in [6.07, 6.45) is 4.69. The van der Waals surface area contributed by atoms with E-state index in [-0.39, 0.29) is 5.75 Å². The minimum atomic E-state index is -3.02. The minimum Gasteiger partial charge on any atom is -0.480 e. The third-order valence-corrected chi connectivity index (χ3v) is 3.82. The predicted molar refractivity (Wildman–Crippen MR) is 61.2 cm³/mol. The molecule has 1 fully saturated rings. The van der Waals surface area contributed by atoms with Gasteiger partial charge in [-0.05, 0) is 19.4 Å². The zero-order chi connectivity index (χ0) is 12.2. The van der Waals surface area contributed by atoms with Gasteiger partial charge in [0.25, 0.3) is 0 Å². The molecule has 0 saturated carbocycles. The van der Waals surface area contributed by atoms with E-state index in [1.807, 2.05) is 0 Å². The van der Waals surface area contributed by atoms with Gasteiger partial charge in [-0.1, -0.05) is 12.8 Å². The topological polar surface area (TPSA) is 74.7 Å². The molecule has 0 radical (unpaired) electrons. The summed E-state index contributed by atoms with van der Waals surface area (Å²) in [6, 6.07) is -0.510. The van der Waals surface area contributed by atoms with E-state index in [1.54, 1.807) is 4.90 Å². The molecule has 1 saturated heterocycles. The van der Waals surface area contributed by atoms with Gasteiger partial charge in [-0.2, -0.15) is 0 Å². The summed E-state index contributed by atoms with van der Waals surface area (Å²) in [6.45, 7) is 1.02. The third kappa shape index (κ3) is 4.49. The maximum absolute atomic E-state index is 11.1. The van der Waals surface area contributed by atoms with Gasteiger partial charge < -0.3 is 5.11 Å². The van der Waals surface area contributed by atoms with E-state index in [2.05, 4.69) is 0 Å². The number of hydrogen-bond donors (Lipinski definition) is 1. The first-order valence-corrected chi connectivity index (χ1v) is 7.61. The van der Waals surface area contributed by atoms with Crippen LogP contribution < -0.4 is 0 Å². The first-order chi connectivity index (χ1) is 7.40. The Morgan fingerprint density at radius 2 is 2.06 bits per heavy atom. The molecule has 1 aliphatic heterocycles. The molecule has 0 aromatic carbocycles. The SMILES string of the molecule is CS(=O)(=O)CCN1CCCCCC1C(=O)O. The lowest BCUT2D eigenvalue weighted by atomic mass is 10.1. The van der Waals surface area contributed by atoms with Crippen molar-refractivity contribution >= 4 is 15.8 Å². The fourth-order valence-corrected chi connectivity index (χ4v) is 2.56. The number of nitrogens with zero attached hydrogens (tertiary/aromatic N) is 1. The van der Waals surface area contributed by atoms with Crippen molar-refractivity contribution in [2.24, 2.45) is 0 Å². The van der Waals surface area contributed by atoms with Gasteiger partial charge in [-0.25, -0.2) is 8.42 Å². The Hall–Kier alpha value is -0.620. The van der Waals surface area contributed by atoms with Crippen molar-refractivity contribution in [2.45, 2.75) is 31.7 Å². The van der Waals surface area contributed by atoms with Crippen LogP contribution in [0.4, 0.5) is 0 Å². The van der Waals surface area contributed by atoms with Gasteiger partial charge >= 0.3 is 5.97 Å². The highest BCUT2D eigenvalue weighted by molar-refractivity contribution is 7.90. The first-order valence-electron chi connectivity index (χ1n) is 5.55. The molecule has 5 nitrogen and oxygen atoms in total. The number of carbonyl (C=O) groups is 1. The molecule has 0 amide bonds. The highest BCUT2D eigenvalue weighted by Gasteiger charge is 2.27. The Morgan fingerprint density at radius 3 is 2.62 bits per heavy atom. The van der Waals surface area contributed by atoms with Crippen LogP contribution in [0.2, 0.25) is 0 Å². The van der Waals surface area contributed by atoms with Crippen molar-refractivity contribution < 1.29 is 18.3 Å². The molecule has 1 atom stereocenters. The van der Waals surface area contributed by atoms with Gasteiger partial charge in [-0.15, -0.1) is 0 Å². The van der Waals surface area contributed by atoms with Crippen LogP contribution in [-0.4, -0.2) is 55.5 Å². The lowest BCUT2D eigenvalue weighted by molar-refractivity contribution is -0.143. The molecular formula is C10H19NO4S. The van der Waals surface area contributed by atoms with E-state index < -0.39 is 21.8 Å². The number of carboxylic acids is 1. The van der Waals surface area contributed by atoms with Crippen LogP contribution in [0, 0.1) is 0 Å². The van der Waals surface area contributed by atoms with Crippen LogP contribution in [0.15, 0.2) is 0 Å². The highest BCUT2D eigenvalue weighted by atomic mass is 32.2. The van der Waals surface area contributed by atoms with Crippen molar-refractivity contribution in [3.8, 4) is 0 Å². The number of carboxylic acid groups (broad SMARTS) is 1. The van der Waals surface area contributed by atoms with Gasteiger partial charge in [0.2, 0.25) is 0 Å². The number of rotatable bonds is 4. The Morgan fingerprint density at radius 1 is 1.38 bits per heavy atom. The van der Waals surface area contributed by atoms with Crippen LogP contribution in [0.25, 0.3) is 0 Å². The quantitative estimate of drug-likeness (QED) is 0.778. The molecule has 1 aliphatic rings. The third-order valence-electron chi connectivity index (χ3n) is 2.90. The molecular weight excluding hydrogens is 230 g/mol. The summed E-state index contributed by atoms with van der Waals surface area (Å²) in [7, 11) is -3.02. The van der Waals surface area contributed by atoms with Gasteiger partial charge in [-0.3, -0.25) is 9.69 Å². The summed E-state index contributed by atoms with van der Waals surface area (Å²) >= 11 is 0. The number of hydrogen-bond acceptors (Lipinski definition) is 4. The van der Waals surface area contributed by atoms with E-state index in [4.69, 9.17) is 5.11 Å². The summed E-state index contributed by atoms with van der Waals surface area (Å²) in [5, 5.41) is 9.07. The standard InChI is InChI=1S/C10H19NO4S/c1-16(14,15)8-7-11-6-4-2-3-5-9(11)10(12)13/h9H,2-8H2,1H3,(H,12,13). The van der Waals surface area contributed by atoms with E-state index in [1.165, 1.54) is 6.26 Å². The van der Waals surface area contributed by atoms with Crippen molar-refractivity contribution in [1.82, 2.24) is 4.90 Å². The van der Waals surface area contributed by atoms with Crippen molar-refractivity contribution in [1.29, 1.82) is 0 Å². The molecule has 0 aliphatic carbocycles. The van der Waals surface area contributed by atoms with Crippen molar-refractivity contribution in [2.75, 3.05) is 25.1 Å². The van der Waals surface area contributed by atoms with Crippen LogP contribution in [0.5, 0.6) is 0 Å². The molecule has 6 heteroatoms. The Balaban J connectivity index is 2.61. The number of likely N-dealkylation sites (tertiary alicyclic amines) is 1. The first kappa shape index (κ1) is 13.4. The smallest absolute Gasteiger partial charge is 0.320 e. The van der Waals surface area contributed by atoms with Gasteiger partial charge in [0.1, 0.15) is 15.9 Å².